The van der Waals surface area contributed by atoms with Gasteiger partial charge in [0.15, 0.2) is 0 Å². The Morgan fingerprint density at radius 2 is 2.04 bits per heavy atom. The quantitative estimate of drug-likeness (QED) is 0.830. The smallest absolute Gasteiger partial charge is 0.410 e. The summed E-state index contributed by atoms with van der Waals surface area (Å²) >= 11 is 0. The second kappa shape index (κ2) is 8.68. The summed E-state index contributed by atoms with van der Waals surface area (Å²) in [6.07, 6.45) is 2.00. The maximum atomic E-state index is 12.2. The Morgan fingerprint density at radius 3 is 2.67 bits per heavy atom. The van der Waals surface area contributed by atoms with Crippen LogP contribution in [0.15, 0.2) is 30.3 Å². The molecule has 2 atom stereocenters. The Kier molecular flexibility index (Phi) is 6.61. The second-order valence-electron chi connectivity index (χ2n) is 6.24. The number of aliphatic carboxylic acids is 1. The molecule has 1 heterocycles. The SMILES string of the molecule is CCCCN1CC(N(C)C(=O)OCc2ccccc2)CC1C(=O)O. The van der Waals surface area contributed by atoms with E-state index < -0.39 is 18.1 Å². The molecule has 0 bridgehead atoms. The largest absolute Gasteiger partial charge is 0.480 e. The lowest BCUT2D eigenvalue weighted by atomic mass is 10.1. The van der Waals surface area contributed by atoms with Crippen LogP contribution in [0.25, 0.3) is 0 Å². The molecular weight excluding hydrogens is 308 g/mol. The van der Waals surface area contributed by atoms with E-state index in [0.717, 1.165) is 24.9 Å². The maximum Gasteiger partial charge on any atom is 0.410 e. The van der Waals surface area contributed by atoms with Crippen molar-refractivity contribution < 1.29 is 19.4 Å². The fraction of sp³-hybridized carbons (Fsp3) is 0.556. The first kappa shape index (κ1) is 18.3. The molecule has 1 aromatic carbocycles. The molecule has 0 radical (unpaired) electrons. The number of carbonyl (C=O) groups is 2. The van der Waals surface area contributed by atoms with Gasteiger partial charge in [-0.25, -0.2) is 4.79 Å². The van der Waals surface area contributed by atoms with Gasteiger partial charge in [-0.05, 0) is 24.9 Å². The Morgan fingerprint density at radius 1 is 1.33 bits per heavy atom. The lowest BCUT2D eigenvalue weighted by Gasteiger charge is -2.24. The number of hydrogen-bond acceptors (Lipinski definition) is 4. The van der Waals surface area contributed by atoms with Gasteiger partial charge >= 0.3 is 12.1 Å². The fourth-order valence-electron chi connectivity index (χ4n) is 3.00. The van der Waals surface area contributed by atoms with E-state index in [1.807, 2.05) is 35.2 Å². The molecule has 1 aliphatic heterocycles. The standard InChI is InChI=1S/C18H26N2O4/c1-3-4-10-20-12-15(11-16(20)17(21)22)19(2)18(23)24-13-14-8-6-5-7-9-14/h5-9,15-16H,3-4,10-13H2,1-2H3,(H,21,22). The van der Waals surface area contributed by atoms with Crippen LogP contribution in [0.2, 0.25) is 0 Å². The van der Waals surface area contributed by atoms with Crippen LogP contribution in [0.3, 0.4) is 0 Å². The van der Waals surface area contributed by atoms with Crippen molar-refractivity contribution in [1.82, 2.24) is 9.80 Å². The number of carboxylic acids is 1. The number of carboxylic acid groups (broad SMARTS) is 1. The molecule has 0 spiro atoms. The lowest BCUT2D eigenvalue weighted by molar-refractivity contribution is -0.142. The van der Waals surface area contributed by atoms with Crippen molar-refractivity contribution in [1.29, 1.82) is 0 Å². The summed E-state index contributed by atoms with van der Waals surface area (Å²) in [5, 5.41) is 9.40. The molecule has 2 unspecified atom stereocenters. The summed E-state index contributed by atoms with van der Waals surface area (Å²) in [6.45, 7) is 3.62. The van der Waals surface area contributed by atoms with Gasteiger partial charge in [-0.3, -0.25) is 9.69 Å². The predicted octanol–water partition coefficient (Wildman–Crippen LogP) is 2.58. The van der Waals surface area contributed by atoms with Gasteiger partial charge in [0.1, 0.15) is 12.6 Å². The van der Waals surface area contributed by atoms with E-state index in [1.165, 1.54) is 4.90 Å². The van der Waals surface area contributed by atoms with Crippen LogP contribution >= 0.6 is 0 Å². The molecule has 1 N–H and O–H groups in total. The van der Waals surface area contributed by atoms with Crippen molar-refractivity contribution in [2.45, 2.75) is 44.9 Å². The number of amides is 1. The zero-order valence-corrected chi connectivity index (χ0v) is 14.4. The second-order valence-corrected chi connectivity index (χ2v) is 6.24. The number of likely N-dealkylation sites (N-methyl/N-ethyl adjacent to an activating group) is 1. The summed E-state index contributed by atoms with van der Waals surface area (Å²) < 4.78 is 5.34. The Hall–Kier alpha value is -2.08. The molecule has 24 heavy (non-hydrogen) atoms. The van der Waals surface area contributed by atoms with Gasteiger partial charge in [-0.1, -0.05) is 43.7 Å². The summed E-state index contributed by atoms with van der Waals surface area (Å²) in [7, 11) is 1.68. The maximum absolute atomic E-state index is 12.2. The first-order valence-corrected chi connectivity index (χ1v) is 8.43. The molecule has 1 amide bonds. The first-order valence-electron chi connectivity index (χ1n) is 8.43. The summed E-state index contributed by atoms with van der Waals surface area (Å²) in [6, 6.07) is 8.84. The van der Waals surface area contributed by atoms with E-state index in [2.05, 4.69) is 6.92 Å². The normalized spacial score (nSPS) is 20.8. The van der Waals surface area contributed by atoms with Gasteiger partial charge in [-0.15, -0.1) is 0 Å². The third kappa shape index (κ3) is 4.71. The van der Waals surface area contributed by atoms with Crippen LogP contribution in [-0.2, 0) is 16.1 Å². The van der Waals surface area contributed by atoms with Crippen LogP contribution in [0, 0.1) is 0 Å². The van der Waals surface area contributed by atoms with E-state index in [4.69, 9.17) is 4.74 Å². The molecule has 0 aliphatic carbocycles. The Balaban J connectivity index is 1.90. The average molecular weight is 334 g/mol. The molecule has 6 nitrogen and oxygen atoms in total. The highest BCUT2D eigenvalue weighted by atomic mass is 16.6. The van der Waals surface area contributed by atoms with Gasteiger partial charge in [0, 0.05) is 19.6 Å². The topological polar surface area (TPSA) is 70.1 Å². The first-order chi connectivity index (χ1) is 11.5. The number of carbonyl (C=O) groups excluding carboxylic acids is 1. The molecule has 0 aromatic heterocycles. The van der Waals surface area contributed by atoms with Crippen molar-refractivity contribution in [3.05, 3.63) is 35.9 Å². The van der Waals surface area contributed by atoms with Crippen molar-refractivity contribution in [3.63, 3.8) is 0 Å². The van der Waals surface area contributed by atoms with Crippen molar-refractivity contribution in [2.75, 3.05) is 20.1 Å². The molecule has 6 heteroatoms. The van der Waals surface area contributed by atoms with Gasteiger partial charge < -0.3 is 14.7 Å². The zero-order valence-electron chi connectivity index (χ0n) is 14.4. The summed E-state index contributed by atoms with van der Waals surface area (Å²) in [5.41, 5.74) is 0.929. The highest BCUT2D eigenvalue weighted by Crippen LogP contribution is 2.23. The fourth-order valence-corrected chi connectivity index (χ4v) is 3.00. The van der Waals surface area contributed by atoms with Gasteiger partial charge in [-0.2, -0.15) is 0 Å². The molecule has 1 aliphatic rings. The Bertz CT molecular complexity index is 549. The third-order valence-corrected chi connectivity index (χ3v) is 4.51. The molecule has 1 saturated heterocycles. The Labute approximate surface area is 143 Å². The highest BCUT2D eigenvalue weighted by molar-refractivity contribution is 5.74. The summed E-state index contributed by atoms with van der Waals surface area (Å²) in [4.78, 5) is 27.2. The van der Waals surface area contributed by atoms with E-state index in [1.54, 1.807) is 7.05 Å². The number of likely N-dealkylation sites (tertiary alicyclic amines) is 1. The summed E-state index contributed by atoms with van der Waals surface area (Å²) in [5.74, 6) is -0.820. The lowest BCUT2D eigenvalue weighted by Crippen LogP contribution is -2.39. The molecule has 1 fully saturated rings. The monoisotopic (exact) mass is 334 g/mol. The van der Waals surface area contributed by atoms with E-state index >= 15 is 0 Å². The number of rotatable bonds is 7. The van der Waals surface area contributed by atoms with Crippen LogP contribution in [0.4, 0.5) is 4.79 Å². The van der Waals surface area contributed by atoms with Crippen LogP contribution in [-0.4, -0.2) is 59.2 Å². The van der Waals surface area contributed by atoms with Gasteiger partial charge in [0.2, 0.25) is 0 Å². The molecule has 0 saturated carbocycles. The van der Waals surface area contributed by atoms with Crippen LogP contribution in [0.5, 0.6) is 0 Å². The molecule has 1 aromatic rings. The van der Waals surface area contributed by atoms with Crippen molar-refractivity contribution >= 4 is 12.1 Å². The number of hydrogen-bond donors (Lipinski definition) is 1. The van der Waals surface area contributed by atoms with E-state index in [-0.39, 0.29) is 12.6 Å². The molecular formula is C18H26N2O4. The van der Waals surface area contributed by atoms with Crippen molar-refractivity contribution in [2.24, 2.45) is 0 Å². The van der Waals surface area contributed by atoms with Crippen LogP contribution in [0.1, 0.15) is 31.7 Å². The van der Waals surface area contributed by atoms with Crippen molar-refractivity contribution in [3.8, 4) is 0 Å². The third-order valence-electron chi connectivity index (χ3n) is 4.51. The number of unbranched alkanes of at least 4 members (excludes halogenated alkanes) is 1. The number of ether oxygens (including phenoxy) is 1. The minimum Gasteiger partial charge on any atom is -0.480 e. The van der Waals surface area contributed by atoms with E-state index in [0.29, 0.717) is 13.0 Å². The van der Waals surface area contributed by atoms with E-state index in [9.17, 15) is 14.7 Å². The van der Waals surface area contributed by atoms with Crippen LogP contribution < -0.4 is 0 Å². The van der Waals surface area contributed by atoms with Gasteiger partial charge in [0.05, 0.1) is 0 Å². The van der Waals surface area contributed by atoms with Gasteiger partial charge in [0.25, 0.3) is 0 Å². The zero-order chi connectivity index (χ0) is 17.5. The highest BCUT2D eigenvalue weighted by Gasteiger charge is 2.39. The molecule has 2 rings (SSSR count). The molecule has 132 valence electrons. The predicted molar refractivity (Wildman–Crippen MR) is 90.7 cm³/mol. The number of nitrogens with zero attached hydrogens (tertiary/aromatic N) is 2. The minimum absolute atomic E-state index is 0.133. The number of benzene rings is 1. The minimum atomic E-state index is -0.820. The average Bonchev–Trinajstić information content (AvgIpc) is 3.02.